The zero-order chi connectivity index (χ0) is 14.1. The highest BCUT2D eigenvalue weighted by Crippen LogP contribution is 2.32. The summed E-state index contributed by atoms with van der Waals surface area (Å²) in [5.41, 5.74) is 9.63. The predicted octanol–water partition coefficient (Wildman–Crippen LogP) is 3.92. The molecule has 0 saturated heterocycles. The Kier molecular flexibility index (Phi) is 4.68. The minimum Gasteiger partial charge on any atom is -0.398 e. The van der Waals surface area contributed by atoms with Gasteiger partial charge in [0.25, 0.3) is 0 Å². The van der Waals surface area contributed by atoms with E-state index in [9.17, 15) is 8.78 Å². The standard InChI is InChI=1S/C16H16F2N2.ClH/c17-12-7-11(8-13(18)9-12)10-20-6-2-3-14-15(19)4-1-5-16(14)20;/h1,4-5,7-9H,2-3,6,10,19H2;1H. The van der Waals surface area contributed by atoms with Gasteiger partial charge < -0.3 is 10.6 Å². The number of hydrogen-bond donors (Lipinski definition) is 1. The van der Waals surface area contributed by atoms with Gasteiger partial charge in [-0.3, -0.25) is 0 Å². The van der Waals surface area contributed by atoms with Crippen molar-refractivity contribution in [3.8, 4) is 0 Å². The third kappa shape index (κ3) is 3.27. The van der Waals surface area contributed by atoms with Crippen LogP contribution in [0.5, 0.6) is 0 Å². The van der Waals surface area contributed by atoms with E-state index in [1.165, 1.54) is 12.1 Å². The van der Waals surface area contributed by atoms with Gasteiger partial charge in [0.05, 0.1) is 0 Å². The number of nitrogen functional groups attached to an aromatic ring is 1. The van der Waals surface area contributed by atoms with Gasteiger partial charge in [-0.25, -0.2) is 8.78 Å². The summed E-state index contributed by atoms with van der Waals surface area (Å²) < 4.78 is 26.5. The van der Waals surface area contributed by atoms with Crippen molar-refractivity contribution in [1.29, 1.82) is 0 Å². The lowest BCUT2D eigenvalue weighted by molar-refractivity contribution is 0.577. The smallest absolute Gasteiger partial charge is 0.126 e. The summed E-state index contributed by atoms with van der Waals surface area (Å²) in [6, 6.07) is 9.47. The molecule has 0 spiro atoms. The number of anilines is 2. The summed E-state index contributed by atoms with van der Waals surface area (Å²) >= 11 is 0. The lowest BCUT2D eigenvalue weighted by Gasteiger charge is -2.32. The van der Waals surface area contributed by atoms with Gasteiger partial charge in [-0.05, 0) is 48.2 Å². The Morgan fingerprint density at radius 2 is 1.81 bits per heavy atom. The number of benzene rings is 2. The van der Waals surface area contributed by atoms with E-state index in [0.29, 0.717) is 12.1 Å². The summed E-state index contributed by atoms with van der Waals surface area (Å²) in [6.07, 6.45) is 1.95. The summed E-state index contributed by atoms with van der Waals surface area (Å²) in [5, 5.41) is 0. The molecule has 2 aromatic rings. The van der Waals surface area contributed by atoms with Crippen LogP contribution in [0.25, 0.3) is 0 Å². The van der Waals surface area contributed by atoms with Crippen LogP contribution in [0.15, 0.2) is 36.4 Å². The molecule has 21 heavy (non-hydrogen) atoms. The van der Waals surface area contributed by atoms with Crippen molar-refractivity contribution < 1.29 is 8.78 Å². The summed E-state index contributed by atoms with van der Waals surface area (Å²) in [7, 11) is 0. The van der Waals surface area contributed by atoms with Crippen LogP contribution in [0.3, 0.4) is 0 Å². The van der Waals surface area contributed by atoms with Crippen LogP contribution in [0, 0.1) is 11.6 Å². The molecule has 112 valence electrons. The normalized spacial score (nSPS) is 13.5. The van der Waals surface area contributed by atoms with Gasteiger partial charge in [-0.1, -0.05) is 6.07 Å². The number of fused-ring (bicyclic) bond motifs is 1. The maximum absolute atomic E-state index is 13.3. The van der Waals surface area contributed by atoms with Crippen LogP contribution in [0.4, 0.5) is 20.2 Å². The first-order valence-electron chi connectivity index (χ1n) is 6.71. The Labute approximate surface area is 129 Å². The second kappa shape index (κ2) is 6.31. The van der Waals surface area contributed by atoms with E-state index >= 15 is 0 Å². The number of rotatable bonds is 2. The van der Waals surface area contributed by atoms with Crippen molar-refractivity contribution in [2.24, 2.45) is 0 Å². The van der Waals surface area contributed by atoms with Gasteiger partial charge >= 0.3 is 0 Å². The fourth-order valence-corrected chi connectivity index (χ4v) is 2.81. The van der Waals surface area contributed by atoms with E-state index < -0.39 is 11.6 Å². The quantitative estimate of drug-likeness (QED) is 0.852. The molecule has 0 radical (unpaired) electrons. The molecular formula is C16H17ClF2N2. The van der Waals surface area contributed by atoms with Crippen molar-refractivity contribution in [1.82, 2.24) is 0 Å². The summed E-state index contributed by atoms with van der Waals surface area (Å²) in [5.74, 6) is -1.07. The summed E-state index contributed by atoms with van der Waals surface area (Å²) in [4.78, 5) is 2.13. The van der Waals surface area contributed by atoms with Gasteiger partial charge in [0.15, 0.2) is 0 Å². The molecule has 1 aliphatic heterocycles. The first-order chi connectivity index (χ1) is 9.63. The molecule has 0 fully saturated rings. The Hall–Kier alpha value is -1.81. The van der Waals surface area contributed by atoms with Gasteiger partial charge in [-0.2, -0.15) is 0 Å². The topological polar surface area (TPSA) is 29.3 Å². The highest BCUT2D eigenvalue weighted by molar-refractivity contribution is 5.85. The first-order valence-corrected chi connectivity index (χ1v) is 6.71. The minimum absolute atomic E-state index is 0. The lowest BCUT2D eigenvalue weighted by Crippen LogP contribution is -2.29. The Morgan fingerprint density at radius 3 is 2.52 bits per heavy atom. The predicted molar refractivity (Wildman–Crippen MR) is 83.8 cm³/mol. The fraction of sp³-hybridized carbons (Fsp3) is 0.250. The van der Waals surface area contributed by atoms with E-state index in [4.69, 9.17) is 5.73 Å². The van der Waals surface area contributed by atoms with E-state index in [1.807, 2.05) is 18.2 Å². The molecular weight excluding hydrogens is 294 g/mol. The average molecular weight is 311 g/mol. The molecule has 1 aliphatic rings. The van der Waals surface area contributed by atoms with Crippen LogP contribution >= 0.6 is 12.4 Å². The number of hydrogen-bond acceptors (Lipinski definition) is 2. The van der Waals surface area contributed by atoms with Gasteiger partial charge in [0, 0.05) is 30.5 Å². The van der Waals surface area contributed by atoms with Crippen molar-refractivity contribution in [3.05, 3.63) is 59.2 Å². The molecule has 0 saturated carbocycles. The second-order valence-electron chi connectivity index (χ2n) is 5.15. The number of nitrogens with zero attached hydrogens (tertiary/aromatic N) is 1. The van der Waals surface area contributed by atoms with Crippen molar-refractivity contribution >= 4 is 23.8 Å². The Morgan fingerprint density at radius 1 is 1.10 bits per heavy atom. The van der Waals surface area contributed by atoms with E-state index in [2.05, 4.69) is 4.90 Å². The average Bonchev–Trinajstić information content (AvgIpc) is 2.39. The van der Waals surface area contributed by atoms with E-state index in [0.717, 1.165) is 42.4 Å². The highest BCUT2D eigenvalue weighted by Gasteiger charge is 2.18. The van der Waals surface area contributed by atoms with Crippen LogP contribution in [0.2, 0.25) is 0 Å². The molecule has 2 nitrogen and oxygen atoms in total. The van der Waals surface area contributed by atoms with Gasteiger partial charge in [0.1, 0.15) is 11.6 Å². The molecule has 5 heteroatoms. The summed E-state index contributed by atoms with van der Waals surface area (Å²) in [6.45, 7) is 1.36. The number of halogens is 3. The highest BCUT2D eigenvalue weighted by atomic mass is 35.5. The molecule has 0 aromatic heterocycles. The molecule has 2 N–H and O–H groups in total. The zero-order valence-corrected chi connectivity index (χ0v) is 12.3. The maximum Gasteiger partial charge on any atom is 0.126 e. The first kappa shape index (κ1) is 15.6. The molecule has 0 unspecified atom stereocenters. The molecule has 0 amide bonds. The molecule has 3 rings (SSSR count). The molecule has 0 bridgehead atoms. The van der Waals surface area contributed by atoms with Gasteiger partial charge in [0.2, 0.25) is 0 Å². The second-order valence-corrected chi connectivity index (χ2v) is 5.15. The minimum atomic E-state index is -0.537. The fourth-order valence-electron chi connectivity index (χ4n) is 2.81. The lowest BCUT2D eigenvalue weighted by atomic mass is 9.99. The maximum atomic E-state index is 13.3. The van der Waals surface area contributed by atoms with Gasteiger partial charge in [-0.15, -0.1) is 12.4 Å². The third-order valence-corrected chi connectivity index (χ3v) is 3.68. The van der Waals surface area contributed by atoms with E-state index in [1.54, 1.807) is 0 Å². The number of nitrogens with two attached hydrogens (primary N) is 1. The van der Waals surface area contributed by atoms with Crippen molar-refractivity contribution in [2.45, 2.75) is 19.4 Å². The Balaban J connectivity index is 0.00000161. The molecule has 1 heterocycles. The van der Waals surface area contributed by atoms with E-state index in [-0.39, 0.29) is 12.4 Å². The van der Waals surface area contributed by atoms with Crippen molar-refractivity contribution in [2.75, 3.05) is 17.2 Å². The largest absolute Gasteiger partial charge is 0.398 e. The van der Waals surface area contributed by atoms with Crippen LogP contribution in [-0.4, -0.2) is 6.54 Å². The van der Waals surface area contributed by atoms with Crippen molar-refractivity contribution in [3.63, 3.8) is 0 Å². The SMILES string of the molecule is Cl.Nc1cccc2c1CCCN2Cc1cc(F)cc(F)c1. The van der Waals surface area contributed by atoms with Crippen LogP contribution in [0.1, 0.15) is 17.5 Å². The van der Waals surface area contributed by atoms with Crippen LogP contribution in [-0.2, 0) is 13.0 Å². The zero-order valence-electron chi connectivity index (χ0n) is 11.5. The van der Waals surface area contributed by atoms with Crippen LogP contribution < -0.4 is 10.6 Å². The monoisotopic (exact) mass is 310 g/mol. The molecule has 0 aliphatic carbocycles. The molecule has 2 aromatic carbocycles. The molecule has 0 atom stereocenters. The Bertz CT molecular complexity index is 626. The third-order valence-electron chi connectivity index (χ3n) is 3.68.